The molecule has 1 unspecified atom stereocenters. The maximum absolute atomic E-state index is 5.60. The van der Waals surface area contributed by atoms with Gasteiger partial charge in [-0.2, -0.15) is 0 Å². The molecule has 1 aromatic rings. The van der Waals surface area contributed by atoms with Crippen molar-refractivity contribution in [3.8, 4) is 0 Å². The van der Waals surface area contributed by atoms with Crippen LogP contribution in [0.15, 0.2) is 24.3 Å². The van der Waals surface area contributed by atoms with E-state index in [1.54, 1.807) is 0 Å². The van der Waals surface area contributed by atoms with Crippen molar-refractivity contribution in [2.75, 3.05) is 12.3 Å². The van der Waals surface area contributed by atoms with Crippen LogP contribution in [0.4, 0.5) is 5.69 Å². The Morgan fingerprint density at radius 2 is 1.92 bits per heavy atom. The van der Waals surface area contributed by atoms with E-state index in [0.29, 0.717) is 6.04 Å². The van der Waals surface area contributed by atoms with E-state index in [4.69, 9.17) is 5.73 Å². The van der Waals surface area contributed by atoms with Crippen molar-refractivity contribution in [2.24, 2.45) is 0 Å². The molecule has 0 bridgehead atoms. The lowest BCUT2D eigenvalue weighted by atomic mass is 10.1. The topological polar surface area (TPSA) is 38.0 Å². The van der Waals surface area contributed by atoms with Crippen LogP contribution in [0.5, 0.6) is 0 Å². The van der Waals surface area contributed by atoms with Crippen LogP contribution in [-0.4, -0.2) is 12.6 Å². The van der Waals surface area contributed by atoms with Crippen molar-refractivity contribution in [1.82, 2.24) is 5.32 Å². The highest BCUT2D eigenvalue weighted by molar-refractivity contribution is 5.39. The van der Waals surface area contributed by atoms with E-state index in [-0.39, 0.29) is 0 Å². The SMILES string of the molecule is CCNC(C)Cc1ccc(N)cc1. The Labute approximate surface area is 80.1 Å². The van der Waals surface area contributed by atoms with Crippen molar-refractivity contribution >= 4 is 5.69 Å². The average molecular weight is 178 g/mol. The second-order valence-corrected chi connectivity index (χ2v) is 3.40. The Bertz CT molecular complexity index is 241. The van der Waals surface area contributed by atoms with Crippen molar-refractivity contribution in [3.63, 3.8) is 0 Å². The maximum atomic E-state index is 5.60. The molecule has 0 saturated heterocycles. The van der Waals surface area contributed by atoms with Gasteiger partial charge in [0.15, 0.2) is 0 Å². The summed E-state index contributed by atoms with van der Waals surface area (Å²) in [5.74, 6) is 0. The molecular formula is C11H18N2. The summed E-state index contributed by atoms with van der Waals surface area (Å²) in [7, 11) is 0. The number of hydrogen-bond donors (Lipinski definition) is 2. The first-order chi connectivity index (χ1) is 6.22. The Kier molecular flexibility index (Phi) is 3.77. The fourth-order valence-corrected chi connectivity index (χ4v) is 1.43. The lowest BCUT2D eigenvalue weighted by molar-refractivity contribution is 0.565. The highest BCUT2D eigenvalue weighted by Gasteiger charge is 2.00. The summed E-state index contributed by atoms with van der Waals surface area (Å²) in [5, 5.41) is 3.38. The smallest absolute Gasteiger partial charge is 0.0314 e. The molecule has 0 aromatic heterocycles. The third-order valence-corrected chi connectivity index (χ3v) is 2.07. The van der Waals surface area contributed by atoms with Gasteiger partial charge >= 0.3 is 0 Å². The number of nitrogen functional groups attached to an aromatic ring is 1. The minimum Gasteiger partial charge on any atom is -0.399 e. The number of nitrogens with one attached hydrogen (secondary N) is 1. The second-order valence-electron chi connectivity index (χ2n) is 3.40. The molecular weight excluding hydrogens is 160 g/mol. The lowest BCUT2D eigenvalue weighted by Crippen LogP contribution is -2.27. The van der Waals surface area contributed by atoms with Gasteiger partial charge in [0.2, 0.25) is 0 Å². The fourth-order valence-electron chi connectivity index (χ4n) is 1.43. The summed E-state index contributed by atoms with van der Waals surface area (Å²) in [5.41, 5.74) is 7.77. The van der Waals surface area contributed by atoms with Gasteiger partial charge in [-0.25, -0.2) is 0 Å². The van der Waals surface area contributed by atoms with E-state index >= 15 is 0 Å². The van der Waals surface area contributed by atoms with Crippen LogP contribution < -0.4 is 11.1 Å². The van der Waals surface area contributed by atoms with E-state index in [9.17, 15) is 0 Å². The molecule has 0 aliphatic rings. The van der Waals surface area contributed by atoms with E-state index in [2.05, 4.69) is 31.3 Å². The molecule has 13 heavy (non-hydrogen) atoms. The molecule has 1 rings (SSSR count). The van der Waals surface area contributed by atoms with Crippen LogP contribution in [-0.2, 0) is 6.42 Å². The summed E-state index contributed by atoms with van der Waals surface area (Å²) in [6.07, 6.45) is 1.06. The van der Waals surface area contributed by atoms with Crippen molar-refractivity contribution in [3.05, 3.63) is 29.8 Å². The molecule has 0 aliphatic heterocycles. The maximum Gasteiger partial charge on any atom is 0.0314 e. The molecule has 0 saturated carbocycles. The average Bonchev–Trinajstić information content (AvgIpc) is 2.09. The number of benzene rings is 1. The summed E-state index contributed by atoms with van der Waals surface area (Å²) in [4.78, 5) is 0. The number of hydrogen-bond acceptors (Lipinski definition) is 2. The first-order valence-electron chi connectivity index (χ1n) is 4.80. The second kappa shape index (κ2) is 4.87. The van der Waals surface area contributed by atoms with Crippen LogP contribution in [0.3, 0.4) is 0 Å². The fraction of sp³-hybridized carbons (Fsp3) is 0.455. The van der Waals surface area contributed by atoms with Gasteiger partial charge in [0, 0.05) is 11.7 Å². The number of rotatable bonds is 4. The van der Waals surface area contributed by atoms with Gasteiger partial charge in [0.25, 0.3) is 0 Å². The van der Waals surface area contributed by atoms with Gasteiger partial charge in [-0.3, -0.25) is 0 Å². The molecule has 1 aromatic carbocycles. The standard InChI is InChI=1S/C11H18N2/c1-3-13-9(2)8-10-4-6-11(12)7-5-10/h4-7,9,13H,3,8,12H2,1-2H3. The van der Waals surface area contributed by atoms with Gasteiger partial charge in [-0.05, 0) is 37.6 Å². The van der Waals surface area contributed by atoms with Crippen LogP contribution in [0.2, 0.25) is 0 Å². The zero-order valence-corrected chi connectivity index (χ0v) is 8.38. The Hall–Kier alpha value is -1.02. The van der Waals surface area contributed by atoms with Gasteiger partial charge in [0.05, 0.1) is 0 Å². The molecule has 0 aliphatic carbocycles. The molecule has 0 fully saturated rings. The van der Waals surface area contributed by atoms with E-state index < -0.39 is 0 Å². The van der Waals surface area contributed by atoms with Crippen molar-refractivity contribution < 1.29 is 0 Å². The van der Waals surface area contributed by atoms with Crippen molar-refractivity contribution in [1.29, 1.82) is 0 Å². The molecule has 3 N–H and O–H groups in total. The highest BCUT2D eigenvalue weighted by atomic mass is 14.9. The number of anilines is 1. The Balaban J connectivity index is 2.49. The number of nitrogens with two attached hydrogens (primary N) is 1. The minimum atomic E-state index is 0.536. The van der Waals surface area contributed by atoms with E-state index in [0.717, 1.165) is 18.7 Å². The normalized spacial score (nSPS) is 12.8. The molecule has 0 spiro atoms. The van der Waals surface area contributed by atoms with Crippen LogP contribution in [0.25, 0.3) is 0 Å². The molecule has 0 radical (unpaired) electrons. The first-order valence-corrected chi connectivity index (χ1v) is 4.80. The first kappa shape index (κ1) is 10.1. The van der Waals surface area contributed by atoms with Gasteiger partial charge in [-0.1, -0.05) is 19.1 Å². The van der Waals surface area contributed by atoms with Gasteiger partial charge < -0.3 is 11.1 Å². The van der Waals surface area contributed by atoms with E-state index in [1.807, 2.05) is 12.1 Å². The summed E-state index contributed by atoms with van der Waals surface area (Å²) in [6, 6.07) is 8.61. The van der Waals surface area contributed by atoms with Crippen molar-refractivity contribution in [2.45, 2.75) is 26.3 Å². The minimum absolute atomic E-state index is 0.536. The van der Waals surface area contributed by atoms with Crippen LogP contribution in [0.1, 0.15) is 19.4 Å². The molecule has 0 heterocycles. The molecule has 2 heteroatoms. The molecule has 72 valence electrons. The summed E-state index contributed by atoms with van der Waals surface area (Å²) in [6.45, 7) is 5.34. The zero-order valence-electron chi connectivity index (χ0n) is 8.38. The third-order valence-electron chi connectivity index (χ3n) is 2.07. The quantitative estimate of drug-likeness (QED) is 0.690. The number of likely N-dealkylation sites (N-methyl/N-ethyl adjacent to an activating group) is 1. The van der Waals surface area contributed by atoms with Crippen LogP contribution >= 0.6 is 0 Å². The summed E-state index contributed by atoms with van der Waals surface area (Å²) < 4.78 is 0. The predicted molar refractivity (Wildman–Crippen MR) is 57.7 cm³/mol. The van der Waals surface area contributed by atoms with Gasteiger partial charge in [0.1, 0.15) is 0 Å². The van der Waals surface area contributed by atoms with E-state index in [1.165, 1.54) is 5.56 Å². The Morgan fingerprint density at radius 3 is 2.46 bits per heavy atom. The predicted octanol–water partition coefficient (Wildman–Crippen LogP) is 1.81. The monoisotopic (exact) mass is 178 g/mol. The molecule has 0 amide bonds. The van der Waals surface area contributed by atoms with Crippen LogP contribution in [0, 0.1) is 0 Å². The highest BCUT2D eigenvalue weighted by Crippen LogP contribution is 2.07. The Morgan fingerprint density at radius 1 is 1.31 bits per heavy atom. The van der Waals surface area contributed by atoms with Gasteiger partial charge in [-0.15, -0.1) is 0 Å². The summed E-state index contributed by atoms with van der Waals surface area (Å²) >= 11 is 0. The third kappa shape index (κ3) is 3.47. The molecule has 1 atom stereocenters. The largest absolute Gasteiger partial charge is 0.399 e. The molecule has 2 nitrogen and oxygen atoms in total. The zero-order chi connectivity index (χ0) is 9.68. The lowest BCUT2D eigenvalue weighted by Gasteiger charge is -2.11.